The van der Waals surface area contributed by atoms with Gasteiger partial charge in [-0.3, -0.25) is 4.79 Å². The summed E-state index contributed by atoms with van der Waals surface area (Å²) in [4.78, 5) is 11.2. The number of hydrogen-bond donors (Lipinski definition) is 0. The highest BCUT2D eigenvalue weighted by atomic mass is 16.1. The number of allylic oxidation sites excluding steroid dienone is 1. The van der Waals surface area contributed by atoms with Crippen LogP contribution < -0.4 is 0 Å². The van der Waals surface area contributed by atoms with Crippen molar-refractivity contribution in [3.05, 3.63) is 12.2 Å². The molecule has 0 saturated carbocycles. The van der Waals surface area contributed by atoms with Gasteiger partial charge in [-0.15, -0.1) is 0 Å². The highest BCUT2D eigenvalue weighted by Crippen LogP contribution is 2.14. The van der Waals surface area contributed by atoms with Gasteiger partial charge in [0.2, 0.25) is 0 Å². The maximum Gasteiger partial charge on any atom is 0.158 e. The fourth-order valence-corrected chi connectivity index (χ4v) is 1.01. The number of Topliss-reactive ketones (excluding diaryl/α,β-unsaturated/α-hetero) is 1. The van der Waals surface area contributed by atoms with Crippen LogP contribution in [0.4, 0.5) is 0 Å². The lowest BCUT2D eigenvalue weighted by Gasteiger charge is -2.09. The molecule has 0 radical (unpaired) electrons. The van der Waals surface area contributed by atoms with Gasteiger partial charge in [0, 0.05) is 6.42 Å². The topological polar surface area (TPSA) is 17.1 Å². The third kappa shape index (κ3) is 3.97. The van der Waals surface area contributed by atoms with E-state index in [2.05, 4.69) is 20.4 Å². The number of carbonyl (C=O) groups is 1. The Morgan fingerprint density at radius 2 is 1.82 bits per heavy atom. The quantitative estimate of drug-likeness (QED) is 0.556. The molecule has 1 nitrogen and oxygen atoms in total. The molecule has 0 N–H and O–H groups in total. The zero-order chi connectivity index (χ0) is 8.85. The molecule has 11 heavy (non-hydrogen) atoms. The first-order valence-corrected chi connectivity index (χ1v) is 4.30. The number of rotatable bonds is 5. The summed E-state index contributed by atoms with van der Waals surface area (Å²) in [6, 6.07) is 0. The van der Waals surface area contributed by atoms with Crippen molar-refractivity contribution in [1.82, 2.24) is 0 Å². The number of ketones is 1. The Bertz CT molecular complexity index is 143. The predicted molar refractivity (Wildman–Crippen MR) is 48.5 cm³/mol. The summed E-state index contributed by atoms with van der Waals surface area (Å²) in [7, 11) is 0. The van der Waals surface area contributed by atoms with Crippen LogP contribution in [0.5, 0.6) is 0 Å². The lowest BCUT2D eigenvalue weighted by Crippen LogP contribution is -2.07. The first-order chi connectivity index (χ1) is 5.11. The Labute approximate surface area is 69.5 Å². The molecule has 0 amide bonds. The molecule has 0 spiro atoms. The first kappa shape index (κ1) is 10.4. The second-order valence-electron chi connectivity index (χ2n) is 3.09. The molecule has 0 heterocycles. The van der Waals surface area contributed by atoms with Gasteiger partial charge in [0.05, 0.1) is 0 Å². The fourth-order valence-electron chi connectivity index (χ4n) is 1.01. The van der Waals surface area contributed by atoms with Gasteiger partial charge >= 0.3 is 0 Å². The standard InChI is InChI=1S/C10H18O/c1-5-9(6-2)7-10(11)8(3)4/h9H,3,5-7H2,1-2,4H3. The zero-order valence-electron chi connectivity index (χ0n) is 7.81. The van der Waals surface area contributed by atoms with Crippen molar-refractivity contribution in [2.45, 2.75) is 40.0 Å². The van der Waals surface area contributed by atoms with E-state index >= 15 is 0 Å². The van der Waals surface area contributed by atoms with Gasteiger partial charge in [-0.25, -0.2) is 0 Å². The average molecular weight is 154 g/mol. The maximum absolute atomic E-state index is 11.2. The van der Waals surface area contributed by atoms with E-state index in [9.17, 15) is 4.79 Å². The van der Waals surface area contributed by atoms with E-state index in [1.807, 2.05) is 0 Å². The molecule has 0 aliphatic rings. The smallest absolute Gasteiger partial charge is 0.158 e. The Balaban J connectivity index is 3.81. The number of carbonyl (C=O) groups excluding carboxylic acids is 1. The van der Waals surface area contributed by atoms with Crippen LogP contribution in [-0.2, 0) is 4.79 Å². The molecule has 64 valence electrons. The lowest BCUT2D eigenvalue weighted by molar-refractivity contribution is -0.116. The predicted octanol–water partition coefficient (Wildman–Crippen LogP) is 2.96. The summed E-state index contributed by atoms with van der Waals surface area (Å²) in [5.41, 5.74) is 0.692. The monoisotopic (exact) mass is 154 g/mol. The van der Waals surface area contributed by atoms with Gasteiger partial charge in [0.1, 0.15) is 0 Å². The van der Waals surface area contributed by atoms with Crippen LogP contribution in [0.3, 0.4) is 0 Å². The minimum Gasteiger partial charge on any atom is -0.295 e. The summed E-state index contributed by atoms with van der Waals surface area (Å²) in [6.07, 6.45) is 2.87. The Morgan fingerprint density at radius 3 is 2.09 bits per heavy atom. The van der Waals surface area contributed by atoms with Crippen LogP contribution in [0.25, 0.3) is 0 Å². The van der Waals surface area contributed by atoms with Gasteiger partial charge < -0.3 is 0 Å². The van der Waals surface area contributed by atoms with Crippen LogP contribution in [0.1, 0.15) is 40.0 Å². The minimum atomic E-state index is 0.221. The summed E-state index contributed by atoms with van der Waals surface area (Å²) in [5, 5.41) is 0. The van der Waals surface area contributed by atoms with Crippen molar-refractivity contribution < 1.29 is 4.79 Å². The highest BCUT2D eigenvalue weighted by Gasteiger charge is 2.09. The van der Waals surface area contributed by atoms with E-state index < -0.39 is 0 Å². The van der Waals surface area contributed by atoms with E-state index in [1.165, 1.54) is 0 Å². The van der Waals surface area contributed by atoms with E-state index in [-0.39, 0.29) is 5.78 Å². The minimum absolute atomic E-state index is 0.221. The fraction of sp³-hybridized carbons (Fsp3) is 0.700. The van der Waals surface area contributed by atoms with Crippen molar-refractivity contribution in [2.24, 2.45) is 5.92 Å². The normalized spacial score (nSPS) is 10.2. The van der Waals surface area contributed by atoms with Crippen molar-refractivity contribution >= 4 is 5.78 Å². The van der Waals surface area contributed by atoms with Crippen LogP contribution in [0, 0.1) is 5.92 Å². The van der Waals surface area contributed by atoms with Gasteiger partial charge in [0.15, 0.2) is 5.78 Å². The molecular weight excluding hydrogens is 136 g/mol. The van der Waals surface area contributed by atoms with Crippen LogP contribution >= 0.6 is 0 Å². The van der Waals surface area contributed by atoms with Gasteiger partial charge in [-0.1, -0.05) is 33.3 Å². The van der Waals surface area contributed by atoms with Crippen LogP contribution in [0.2, 0.25) is 0 Å². The molecule has 0 unspecified atom stereocenters. The highest BCUT2D eigenvalue weighted by molar-refractivity contribution is 5.94. The Hall–Kier alpha value is -0.590. The molecule has 0 aromatic carbocycles. The molecule has 0 fully saturated rings. The van der Waals surface area contributed by atoms with Gasteiger partial charge in [-0.2, -0.15) is 0 Å². The Kier molecular flexibility index (Phi) is 4.84. The molecule has 0 aliphatic carbocycles. The molecule has 0 rings (SSSR count). The van der Waals surface area contributed by atoms with Gasteiger partial charge in [0.25, 0.3) is 0 Å². The summed E-state index contributed by atoms with van der Waals surface area (Å²) in [6.45, 7) is 9.66. The lowest BCUT2D eigenvalue weighted by atomic mass is 9.95. The molecule has 1 heteroatoms. The summed E-state index contributed by atoms with van der Waals surface area (Å²) < 4.78 is 0. The molecule has 0 aromatic rings. The van der Waals surface area contributed by atoms with E-state index in [4.69, 9.17) is 0 Å². The SMILES string of the molecule is C=C(C)C(=O)CC(CC)CC. The summed E-state index contributed by atoms with van der Waals surface area (Å²) in [5.74, 6) is 0.776. The van der Waals surface area contributed by atoms with E-state index in [0.717, 1.165) is 12.8 Å². The largest absolute Gasteiger partial charge is 0.295 e. The second kappa shape index (κ2) is 5.11. The van der Waals surface area contributed by atoms with Crippen LogP contribution in [0.15, 0.2) is 12.2 Å². The first-order valence-electron chi connectivity index (χ1n) is 4.30. The third-order valence-corrected chi connectivity index (χ3v) is 2.10. The van der Waals surface area contributed by atoms with Crippen molar-refractivity contribution in [1.29, 1.82) is 0 Å². The number of hydrogen-bond acceptors (Lipinski definition) is 1. The van der Waals surface area contributed by atoms with Crippen molar-refractivity contribution in [3.8, 4) is 0 Å². The molecule has 0 bridgehead atoms. The summed E-state index contributed by atoms with van der Waals surface area (Å²) >= 11 is 0. The van der Waals surface area contributed by atoms with E-state index in [0.29, 0.717) is 17.9 Å². The molecule has 0 saturated heterocycles. The zero-order valence-corrected chi connectivity index (χ0v) is 7.81. The molecule has 0 aliphatic heterocycles. The second-order valence-corrected chi connectivity index (χ2v) is 3.09. The third-order valence-electron chi connectivity index (χ3n) is 2.10. The molecule has 0 aromatic heterocycles. The molecule has 0 atom stereocenters. The Morgan fingerprint density at radius 1 is 1.36 bits per heavy atom. The maximum atomic E-state index is 11.2. The average Bonchev–Trinajstić information content (AvgIpc) is 1.99. The van der Waals surface area contributed by atoms with Crippen LogP contribution in [-0.4, -0.2) is 5.78 Å². The van der Waals surface area contributed by atoms with Crippen molar-refractivity contribution in [2.75, 3.05) is 0 Å². The van der Waals surface area contributed by atoms with Crippen molar-refractivity contribution in [3.63, 3.8) is 0 Å². The molecular formula is C10H18O. The van der Waals surface area contributed by atoms with E-state index in [1.54, 1.807) is 6.92 Å². The van der Waals surface area contributed by atoms with Gasteiger partial charge in [-0.05, 0) is 18.4 Å².